The highest BCUT2D eigenvalue weighted by atomic mass is 32.2. The van der Waals surface area contributed by atoms with Crippen LogP contribution in [0, 0.1) is 0 Å². The van der Waals surface area contributed by atoms with Crippen LogP contribution < -0.4 is 9.64 Å². The van der Waals surface area contributed by atoms with Gasteiger partial charge in [0.2, 0.25) is 10.0 Å². The second kappa shape index (κ2) is 7.24. The average Bonchev–Trinajstić information content (AvgIpc) is 2.48. The Morgan fingerprint density at radius 1 is 1.29 bits per heavy atom. The molecular formula is C15H25N2O3S+. The molecule has 1 aromatic carbocycles. The molecule has 1 aliphatic rings. The van der Waals surface area contributed by atoms with Crippen molar-refractivity contribution in [3.05, 3.63) is 29.8 Å². The number of piperazine rings is 1. The van der Waals surface area contributed by atoms with Crippen molar-refractivity contribution in [3.8, 4) is 5.75 Å². The Morgan fingerprint density at radius 3 is 2.62 bits per heavy atom. The Kier molecular flexibility index (Phi) is 5.61. The monoisotopic (exact) mass is 313 g/mol. The Hall–Kier alpha value is -1.11. The van der Waals surface area contributed by atoms with Crippen molar-refractivity contribution in [2.24, 2.45) is 0 Å². The normalized spacial score (nSPS) is 17.8. The van der Waals surface area contributed by atoms with E-state index in [9.17, 15) is 8.42 Å². The zero-order valence-electron chi connectivity index (χ0n) is 12.8. The van der Waals surface area contributed by atoms with Crippen molar-refractivity contribution in [1.82, 2.24) is 4.31 Å². The van der Waals surface area contributed by atoms with Gasteiger partial charge in [-0.3, -0.25) is 0 Å². The molecule has 6 heteroatoms. The number of hydrogen-bond acceptors (Lipinski definition) is 3. The molecule has 21 heavy (non-hydrogen) atoms. The van der Waals surface area contributed by atoms with Gasteiger partial charge in [0, 0.05) is 5.56 Å². The standard InChI is InChI=1S/C15H24N2O3S/c1-3-11-21(18,19)17-9-7-16(8-10-17)13-14-5-4-6-15(12-14)20-2/h4-6,12H,3,7-11,13H2,1-2H3/p+1. The highest BCUT2D eigenvalue weighted by Crippen LogP contribution is 2.11. The summed E-state index contributed by atoms with van der Waals surface area (Å²) < 4.78 is 30.9. The van der Waals surface area contributed by atoms with E-state index >= 15 is 0 Å². The van der Waals surface area contributed by atoms with Crippen molar-refractivity contribution in [2.45, 2.75) is 19.9 Å². The van der Waals surface area contributed by atoms with Gasteiger partial charge in [0.25, 0.3) is 0 Å². The third-order valence-electron chi connectivity index (χ3n) is 3.87. The second-order valence-electron chi connectivity index (χ2n) is 5.49. The third kappa shape index (κ3) is 4.43. The lowest BCUT2D eigenvalue weighted by atomic mass is 10.2. The zero-order valence-corrected chi connectivity index (χ0v) is 13.7. The van der Waals surface area contributed by atoms with Crippen LogP contribution in [0.2, 0.25) is 0 Å². The Bertz CT molecular complexity index is 552. The fourth-order valence-corrected chi connectivity index (χ4v) is 4.23. The summed E-state index contributed by atoms with van der Waals surface area (Å²) in [6.45, 7) is 5.80. The smallest absolute Gasteiger partial charge is 0.214 e. The Labute approximate surface area is 127 Å². The van der Waals surface area contributed by atoms with E-state index in [0.29, 0.717) is 19.5 Å². The minimum absolute atomic E-state index is 0.262. The maximum Gasteiger partial charge on any atom is 0.214 e. The van der Waals surface area contributed by atoms with E-state index in [1.54, 1.807) is 11.4 Å². The third-order valence-corrected chi connectivity index (χ3v) is 5.95. The van der Waals surface area contributed by atoms with E-state index in [4.69, 9.17) is 4.74 Å². The molecule has 0 amide bonds. The van der Waals surface area contributed by atoms with Gasteiger partial charge < -0.3 is 9.64 Å². The predicted molar refractivity (Wildman–Crippen MR) is 83.0 cm³/mol. The van der Waals surface area contributed by atoms with Crippen molar-refractivity contribution >= 4 is 10.0 Å². The van der Waals surface area contributed by atoms with E-state index < -0.39 is 10.0 Å². The molecular weight excluding hydrogens is 288 g/mol. The minimum Gasteiger partial charge on any atom is -0.497 e. The van der Waals surface area contributed by atoms with Gasteiger partial charge in [-0.1, -0.05) is 19.1 Å². The fraction of sp³-hybridized carbons (Fsp3) is 0.600. The number of ether oxygens (including phenoxy) is 1. The van der Waals surface area contributed by atoms with Crippen LogP contribution in [0.25, 0.3) is 0 Å². The molecule has 5 nitrogen and oxygen atoms in total. The number of hydrogen-bond donors (Lipinski definition) is 1. The maximum absolute atomic E-state index is 12.0. The highest BCUT2D eigenvalue weighted by molar-refractivity contribution is 7.89. The van der Waals surface area contributed by atoms with E-state index in [-0.39, 0.29) is 5.75 Å². The summed E-state index contributed by atoms with van der Waals surface area (Å²) in [4.78, 5) is 1.42. The van der Waals surface area contributed by atoms with Crippen LogP contribution >= 0.6 is 0 Å². The van der Waals surface area contributed by atoms with Crippen LogP contribution in [0.5, 0.6) is 5.75 Å². The first-order chi connectivity index (χ1) is 10.0. The molecule has 1 heterocycles. The van der Waals surface area contributed by atoms with Crippen LogP contribution in [-0.2, 0) is 16.6 Å². The van der Waals surface area contributed by atoms with Crippen LogP contribution in [0.3, 0.4) is 0 Å². The van der Waals surface area contributed by atoms with Gasteiger partial charge >= 0.3 is 0 Å². The van der Waals surface area contributed by atoms with Crippen LogP contribution in [0.15, 0.2) is 24.3 Å². The molecule has 0 atom stereocenters. The van der Waals surface area contributed by atoms with Gasteiger partial charge in [-0.25, -0.2) is 8.42 Å². The van der Waals surface area contributed by atoms with Crippen molar-refractivity contribution in [1.29, 1.82) is 0 Å². The molecule has 0 aliphatic carbocycles. The first kappa shape index (κ1) is 16.3. The van der Waals surface area contributed by atoms with Gasteiger partial charge in [0.05, 0.1) is 39.0 Å². The topological polar surface area (TPSA) is 51.0 Å². The molecule has 0 saturated carbocycles. The van der Waals surface area contributed by atoms with Crippen LogP contribution in [0.4, 0.5) is 0 Å². The van der Waals surface area contributed by atoms with Crippen LogP contribution in [0.1, 0.15) is 18.9 Å². The number of nitrogens with one attached hydrogen (secondary N) is 1. The summed E-state index contributed by atoms with van der Waals surface area (Å²) >= 11 is 0. The van der Waals surface area contributed by atoms with E-state index in [0.717, 1.165) is 25.4 Å². The maximum atomic E-state index is 12.0. The van der Waals surface area contributed by atoms with Crippen molar-refractivity contribution in [3.63, 3.8) is 0 Å². The number of benzene rings is 1. The molecule has 0 unspecified atom stereocenters. The lowest BCUT2D eigenvalue weighted by Gasteiger charge is -2.31. The lowest BCUT2D eigenvalue weighted by molar-refractivity contribution is -0.917. The SMILES string of the molecule is CCCS(=O)(=O)N1CC[NH+](Cc2cccc(OC)c2)CC1. The molecule has 0 aromatic heterocycles. The van der Waals surface area contributed by atoms with Gasteiger partial charge in [-0.2, -0.15) is 4.31 Å². The molecule has 1 N–H and O–H groups in total. The number of methoxy groups -OCH3 is 1. The number of rotatable bonds is 6. The fourth-order valence-electron chi connectivity index (χ4n) is 2.72. The molecule has 118 valence electrons. The van der Waals surface area contributed by atoms with Crippen molar-refractivity contribution in [2.75, 3.05) is 39.0 Å². The molecule has 2 rings (SSSR count). The predicted octanol–water partition coefficient (Wildman–Crippen LogP) is 0.136. The summed E-state index contributed by atoms with van der Waals surface area (Å²) in [7, 11) is -1.37. The molecule has 1 aliphatic heterocycles. The second-order valence-corrected chi connectivity index (χ2v) is 7.58. The first-order valence-electron chi connectivity index (χ1n) is 7.49. The average molecular weight is 313 g/mol. The van der Waals surface area contributed by atoms with Gasteiger partial charge in [-0.15, -0.1) is 0 Å². The van der Waals surface area contributed by atoms with E-state index in [1.165, 1.54) is 10.5 Å². The molecule has 0 bridgehead atoms. The lowest BCUT2D eigenvalue weighted by Crippen LogP contribution is -3.13. The molecule has 1 aromatic rings. The van der Waals surface area contributed by atoms with Crippen molar-refractivity contribution < 1.29 is 18.1 Å². The largest absolute Gasteiger partial charge is 0.497 e. The summed E-state index contributed by atoms with van der Waals surface area (Å²) in [6, 6.07) is 8.08. The zero-order chi connectivity index (χ0) is 15.3. The molecule has 0 spiro atoms. The van der Waals surface area contributed by atoms with E-state index in [1.807, 2.05) is 25.1 Å². The van der Waals surface area contributed by atoms with E-state index in [2.05, 4.69) is 6.07 Å². The number of nitrogens with zero attached hydrogens (tertiary/aromatic N) is 1. The molecule has 1 fully saturated rings. The van der Waals surface area contributed by atoms with Gasteiger partial charge in [0.15, 0.2) is 0 Å². The minimum atomic E-state index is -3.04. The molecule has 0 radical (unpaired) electrons. The Balaban J connectivity index is 1.89. The summed E-state index contributed by atoms with van der Waals surface area (Å²) in [5.41, 5.74) is 1.23. The van der Waals surface area contributed by atoms with Gasteiger partial charge in [0.1, 0.15) is 12.3 Å². The first-order valence-corrected chi connectivity index (χ1v) is 9.10. The molecule has 1 saturated heterocycles. The van der Waals surface area contributed by atoms with Gasteiger partial charge in [-0.05, 0) is 18.6 Å². The summed E-state index contributed by atoms with van der Waals surface area (Å²) in [5, 5.41) is 0. The quantitative estimate of drug-likeness (QED) is 0.812. The Morgan fingerprint density at radius 2 is 2.00 bits per heavy atom. The summed E-state index contributed by atoms with van der Waals surface area (Å²) in [6.07, 6.45) is 0.680. The highest BCUT2D eigenvalue weighted by Gasteiger charge is 2.28. The van der Waals surface area contributed by atoms with Crippen LogP contribution in [-0.4, -0.2) is 51.8 Å². The number of sulfonamides is 1. The summed E-state index contributed by atoms with van der Waals surface area (Å²) in [5.74, 6) is 1.13. The number of quaternary nitrogens is 1.